The summed E-state index contributed by atoms with van der Waals surface area (Å²) >= 11 is 5.17. The molecule has 13 heavy (non-hydrogen) atoms. The van der Waals surface area contributed by atoms with E-state index in [1.54, 1.807) is 11.3 Å². The van der Waals surface area contributed by atoms with Crippen LogP contribution >= 0.6 is 27.3 Å². The second kappa shape index (κ2) is 4.37. The van der Waals surface area contributed by atoms with Crippen LogP contribution in [0.1, 0.15) is 23.4 Å². The fourth-order valence-corrected chi connectivity index (χ4v) is 2.82. The van der Waals surface area contributed by atoms with Gasteiger partial charge < -0.3 is 0 Å². The van der Waals surface area contributed by atoms with E-state index < -0.39 is 0 Å². The second-order valence-electron chi connectivity index (χ2n) is 3.05. The Morgan fingerprint density at radius 2 is 2.38 bits per heavy atom. The molecular formula is C9H13BrN2S. The van der Waals surface area contributed by atoms with Gasteiger partial charge in [0, 0.05) is 4.88 Å². The van der Waals surface area contributed by atoms with Gasteiger partial charge >= 0.3 is 0 Å². The summed E-state index contributed by atoms with van der Waals surface area (Å²) in [6.45, 7) is 7.92. The maximum atomic E-state index is 5.45. The van der Waals surface area contributed by atoms with Gasteiger partial charge in [0.15, 0.2) is 0 Å². The van der Waals surface area contributed by atoms with Crippen molar-refractivity contribution < 1.29 is 0 Å². The van der Waals surface area contributed by atoms with E-state index in [9.17, 15) is 0 Å². The molecule has 0 aromatic carbocycles. The average Bonchev–Trinajstić information content (AvgIpc) is 2.32. The summed E-state index contributed by atoms with van der Waals surface area (Å²) in [5.41, 5.74) is 5.01. The molecule has 72 valence electrons. The van der Waals surface area contributed by atoms with Crippen LogP contribution in [0.2, 0.25) is 0 Å². The van der Waals surface area contributed by atoms with Crippen molar-refractivity contribution in [1.82, 2.24) is 5.43 Å². The lowest BCUT2D eigenvalue weighted by molar-refractivity contribution is 0.636. The van der Waals surface area contributed by atoms with Gasteiger partial charge in [0.1, 0.15) is 0 Å². The largest absolute Gasteiger partial charge is 0.271 e. The van der Waals surface area contributed by atoms with Crippen molar-refractivity contribution in [3.8, 4) is 0 Å². The Morgan fingerprint density at radius 1 is 1.77 bits per heavy atom. The molecule has 1 rings (SSSR count). The molecule has 0 radical (unpaired) electrons. The van der Waals surface area contributed by atoms with Gasteiger partial charge in [-0.3, -0.25) is 5.84 Å². The van der Waals surface area contributed by atoms with Crippen molar-refractivity contribution in [3.63, 3.8) is 0 Å². The molecule has 2 nitrogen and oxygen atoms in total. The van der Waals surface area contributed by atoms with Crippen molar-refractivity contribution >= 4 is 27.3 Å². The summed E-state index contributed by atoms with van der Waals surface area (Å²) in [6, 6.07) is 2.18. The predicted molar refractivity (Wildman–Crippen MR) is 61.6 cm³/mol. The third-order valence-electron chi connectivity index (χ3n) is 1.82. The SMILES string of the molecule is C=C(C)C(NN)c1cc(C)c(Br)s1. The normalized spacial score (nSPS) is 12.9. The van der Waals surface area contributed by atoms with Crippen LogP contribution in [0.4, 0.5) is 0 Å². The summed E-state index contributed by atoms with van der Waals surface area (Å²) in [5, 5.41) is 0. The van der Waals surface area contributed by atoms with E-state index in [-0.39, 0.29) is 6.04 Å². The number of thiophene rings is 1. The molecule has 0 bridgehead atoms. The molecule has 0 amide bonds. The van der Waals surface area contributed by atoms with Crippen molar-refractivity contribution in [1.29, 1.82) is 0 Å². The van der Waals surface area contributed by atoms with Crippen molar-refractivity contribution in [2.45, 2.75) is 19.9 Å². The van der Waals surface area contributed by atoms with Gasteiger partial charge in [0.2, 0.25) is 0 Å². The molecule has 3 N–H and O–H groups in total. The maximum absolute atomic E-state index is 5.45. The van der Waals surface area contributed by atoms with E-state index in [0.717, 1.165) is 9.36 Å². The molecule has 4 heteroatoms. The molecule has 1 heterocycles. The lowest BCUT2D eigenvalue weighted by Crippen LogP contribution is -2.27. The van der Waals surface area contributed by atoms with E-state index in [1.165, 1.54) is 10.4 Å². The number of rotatable bonds is 3. The molecule has 0 aliphatic carbocycles. The summed E-state index contributed by atoms with van der Waals surface area (Å²) in [5.74, 6) is 5.45. The third-order valence-corrected chi connectivity index (χ3v) is 4.02. The molecule has 0 saturated carbocycles. The van der Waals surface area contributed by atoms with Crippen LogP contribution in [0.5, 0.6) is 0 Å². The lowest BCUT2D eigenvalue weighted by Gasteiger charge is -2.13. The Hall–Kier alpha value is -0.160. The minimum Gasteiger partial charge on any atom is -0.271 e. The molecule has 0 spiro atoms. The van der Waals surface area contributed by atoms with Crippen LogP contribution in [0, 0.1) is 6.92 Å². The highest BCUT2D eigenvalue weighted by Crippen LogP contribution is 2.33. The Bertz CT molecular complexity index is 300. The number of hydrazine groups is 1. The van der Waals surface area contributed by atoms with Gasteiger partial charge in [0.05, 0.1) is 9.83 Å². The standard InChI is InChI=1S/C9H13BrN2S/c1-5(2)8(12-11)7-4-6(3)9(10)13-7/h4,8,12H,1,11H2,2-3H3. The number of hydrogen-bond acceptors (Lipinski definition) is 3. The van der Waals surface area contributed by atoms with E-state index >= 15 is 0 Å². The van der Waals surface area contributed by atoms with Crippen molar-refractivity contribution in [3.05, 3.63) is 32.4 Å². The zero-order chi connectivity index (χ0) is 10.0. The first kappa shape index (κ1) is 10.9. The molecular weight excluding hydrogens is 248 g/mol. The van der Waals surface area contributed by atoms with E-state index in [4.69, 9.17) is 5.84 Å². The lowest BCUT2D eigenvalue weighted by atomic mass is 10.1. The molecule has 1 atom stereocenters. The van der Waals surface area contributed by atoms with E-state index in [0.29, 0.717) is 0 Å². The highest BCUT2D eigenvalue weighted by Gasteiger charge is 2.13. The smallest absolute Gasteiger partial charge is 0.0757 e. The zero-order valence-electron chi connectivity index (χ0n) is 7.73. The Kier molecular flexibility index (Phi) is 3.67. The molecule has 1 aromatic heterocycles. The summed E-state index contributed by atoms with van der Waals surface area (Å²) in [7, 11) is 0. The monoisotopic (exact) mass is 260 g/mol. The minimum absolute atomic E-state index is 0.0648. The molecule has 0 aliphatic rings. The van der Waals surface area contributed by atoms with Gasteiger partial charge in [-0.25, -0.2) is 5.43 Å². The zero-order valence-corrected chi connectivity index (χ0v) is 10.1. The molecule has 0 aliphatic heterocycles. The van der Waals surface area contributed by atoms with Gasteiger partial charge in [-0.05, 0) is 41.4 Å². The molecule has 1 aromatic rings. The number of hydrogen-bond donors (Lipinski definition) is 2. The summed E-state index contributed by atoms with van der Waals surface area (Å²) in [4.78, 5) is 1.19. The highest BCUT2D eigenvalue weighted by atomic mass is 79.9. The van der Waals surface area contributed by atoms with Crippen molar-refractivity contribution in [2.24, 2.45) is 5.84 Å². The van der Waals surface area contributed by atoms with Gasteiger partial charge in [-0.2, -0.15) is 0 Å². The van der Waals surface area contributed by atoms with Crippen LogP contribution in [0.15, 0.2) is 22.0 Å². The first-order valence-electron chi connectivity index (χ1n) is 3.93. The Morgan fingerprint density at radius 3 is 2.69 bits per heavy atom. The average molecular weight is 261 g/mol. The minimum atomic E-state index is 0.0648. The fourth-order valence-electron chi connectivity index (χ4n) is 1.09. The van der Waals surface area contributed by atoms with Gasteiger partial charge in [0.25, 0.3) is 0 Å². The van der Waals surface area contributed by atoms with Crippen LogP contribution in [-0.4, -0.2) is 0 Å². The number of nitrogens with two attached hydrogens (primary N) is 1. The second-order valence-corrected chi connectivity index (χ2v) is 5.45. The number of aryl methyl sites for hydroxylation is 1. The van der Waals surface area contributed by atoms with Crippen LogP contribution in [-0.2, 0) is 0 Å². The van der Waals surface area contributed by atoms with E-state index in [1.807, 2.05) is 6.92 Å². The van der Waals surface area contributed by atoms with Crippen LogP contribution < -0.4 is 11.3 Å². The summed E-state index contributed by atoms with van der Waals surface area (Å²) in [6.07, 6.45) is 0. The predicted octanol–water partition coefficient (Wildman–Crippen LogP) is 2.90. The van der Waals surface area contributed by atoms with Gasteiger partial charge in [-0.1, -0.05) is 12.2 Å². The molecule has 0 saturated heterocycles. The number of halogens is 1. The maximum Gasteiger partial charge on any atom is 0.0757 e. The van der Waals surface area contributed by atoms with Crippen molar-refractivity contribution in [2.75, 3.05) is 0 Å². The topological polar surface area (TPSA) is 38.0 Å². The molecule has 0 fully saturated rings. The van der Waals surface area contributed by atoms with E-state index in [2.05, 4.69) is 40.9 Å². The number of nitrogens with one attached hydrogen (secondary N) is 1. The van der Waals surface area contributed by atoms with Gasteiger partial charge in [-0.15, -0.1) is 11.3 Å². The quantitative estimate of drug-likeness (QED) is 0.499. The Labute approximate surface area is 90.9 Å². The van der Waals surface area contributed by atoms with Crippen LogP contribution in [0.25, 0.3) is 0 Å². The highest BCUT2D eigenvalue weighted by molar-refractivity contribution is 9.11. The molecule has 1 unspecified atom stereocenters. The third kappa shape index (κ3) is 2.40. The van der Waals surface area contributed by atoms with Crippen LogP contribution in [0.3, 0.4) is 0 Å². The summed E-state index contributed by atoms with van der Waals surface area (Å²) < 4.78 is 1.16. The first-order valence-corrected chi connectivity index (χ1v) is 5.54. The first-order chi connectivity index (χ1) is 6.06. The Balaban J connectivity index is 2.98. The fraction of sp³-hybridized carbons (Fsp3) is 0.333.